The Hall–Kier alpha value is -3.11. The van der Waals surface area contributed by atoms with Crippen molar-refractivity contribution in [2.75, 3.05) is 11.4 Å². The maximum atomic E-state index is 13.3. The fourth-order valence-electron chi connectivity index (χ4n) is 3.67. The van der Waals surface area contributed by atoms with Crippen molar-refractivity contribution in [3.8, 4) is 0 Å². The predicted octanol–water partition coefficient (Wildman–Crippen LogP) is 3.37. The fourth-order valence-corrected chi connectivity index (χ4v) is 3.67. The molecule has 6 nitrogen and oxygen atoms in total. The summed E-state index contributed by atoms with van der Waals surface area (Å²) in [5, 5.41) is 3.74. The second-order valence-corrected chi connectivity index (χ2v) is 5.97. The highest BCUT2D eigenvalue weighted by atomic mass is 16.2. The molecule has 0 bridgehead atoms. The Labute approximate surface area is 138 Å². The van der Waals surface area contributed by atoms with E-state index in [1.54, 1.807) is 41.3 Å². The lowest BCUT2D eigenvalue weighted by Crippen LogP contribution is -2.56. The van der Waals surface area contributed by atoms with Gasteiger partial charge in [0.1, 0.15) is 0 Å². The highest BCUT2D eigenvalue weighted by Gasteiger charge is 2.54. The number of hydrogen-bond acceptors (Lipinski definition) is 3. The molecule has 2 heterocycles. The van der Waals surface area contributed by atoms with Gasteiger partial charge in [0, 0.05) is 17.0 Å². The molecular weight excluding hydrogens is 304 g/mol. The summed E-state index contributed by atoms with van der Waals surface area (Å²) in [6, 6.07) is 14.0. The van der Waals surface area contributed by atoms with E-state index in [9.17, 15) is 9.59 Å². The van der Waals surface area contributed by atoms with Crippen LogP contribution < -0.4 is 4.90 Å². The molecule has 0 fully saturated rings. The molecular formula is C18H14N4O2. The lowest BCUT2D eigenvalue weighted by Gasteiger charge is -2.42. The molecule has 2 aromatic rings. The van der Waals surface area contributed by atoms with Crippen LogP contribution in [0.5, 0.6) is 0 Å². The van der Waals surface area contributed by atoms with Crippen molar-refractivity contribution >= 4 is 17.4 Å². The molecule has 0 N–H and O–H groups in total. The number of carbonyl (C=O) groups excluding carboxylic acids is 2. The van der Waals surface area contributed by atoms with Crippen molar-refractivity contribution in [2.24, 2.45) is 5.11 Å². The minimum absolute atomic E-state index is 0.402. The molecule has 0 saturated carbocycles. The third-order valence-corrected chi connectivity index (χ3v) is 4.73. The molecule has 0 spiro atoms. The van der Waals surface area contributed by atoms with E-state index in [2.05, 4.69) is 10.0 Å². The molecule has 0 radical (unpaired) electrons. The van der Waals surface area contributed by atoms with Crippen LogP contribution in [0, 0.1) is 0 Å². The van der Waals surface area contributed by atoms with Gasteiger partial charge in [-0.05, 0) is 35.6 Å². The van der Waals surface area contributed by atoms with Crippen LogP contribution >= 0.6 is 0 Å². The second-order valence-electron chi connectivity index (χ2n) is 5.97. The molecule has 2 aliphatic rings. The predicted molar refractivity (Wildman–Crippen MR) is 88.7 cm³/mol. The number of benzene rings is 2. The molecule has 6 heteroatoms. The van der Waals surface area contributed by atoms with Crippen LogP contribution in [0.4, 0.5) is 5.69 Å². The van der Waals surface area contributed by atoms with E-state index in [1.165, 1.54) is 0 Å². The van der Waals surface area contributed by atoms with Gasteiger partial charge in [-0.3, -0.25) is 9.59 Å². The zero-order chi connectivity index (χ0) is 16.7. The van der Waals surface area contributed by atoms with Gasteiger partial charge in [-0.1, -0.05) is 47.6 Å². The first-order valence-electron chi connectivity index (χ1n) is 7.80. The van der Waals surface area contributed by atoms with Crippen LogP contribution in [0.25, 0.3) is 10.4 Å². The summed E-state index contributed by atoms with van der Waals surface area (Å²) < 4.78 is 0. The Bertz CT molecular complexity index is 902. The Morgan fingerprint density at radius 3 is 2.62 bits per heavy atom. The molecule has 24 heavy (non-hydrogen) atoms. The lowest BCUT2D eigenvalue weighted by atomic mass is 9.76. The van der Waals surface area contributed by atoms with Crippen LogP contribution in [0.3, 0.4) is 0 Å². The monoisotopic (exact) mass is 318 g/mol. The first-order valence-corrected chi connectivity index (χ1v) is 7.80. The van der Waals surface area contributed by atoms with Crippen molar-refractivity contribution in [2.45, 2.75) is 18.4 Å². The maximum absolute atomic E-state index is 13.3. The molecule has 1 amide bonds. The number of azide groups is 1. The van der Waals surface area contributed by atoms with Crippen molar-refractivity contribution in [3.63, 3.8) is 0 Å². The SMILES string of the molecule is [N-]=[N+]=N[C@@]1(c2ccccc2)C(=O)c2cccc3c2N(CCC3)C1=O. The number of anilines is 1. The van der Waals surface area contributed by atoms with Gasteiger partial charge < -0.3 is 4.90 Å². The van der Waals surface area contributed by atoms with E-state index in [0.29, 0.717) is 23.4 Å². The highest BCUT2D eigenvalue weighted by molar-refractivity contribution is 6.28. The third kappa shape index (κ3) is 1.74. The van der Waals surface area contributed by atoms with E-state index in [0.717, 1.165) is 18.4 Å². The van der Waals surface area contributed by atoms with Gasteiger partial charge in [-0.2, -0.15) is 0 Å². The van der Waals surface area contributed by atoms with Gasteiger partial charge in [0.2, 0.25) is 5.54 Å². The van der Waals surface area contributed by atoms with Crippen molar-refractivity contribution in [3.05, 3.63) is 75.7 Å². The molecule has 0 unspecified atom stereocenters. The number of Topliss-reactive ketones (excluding diaryl/α,β-unsaturated/α-hetero) is 1. The molecule has 0 aromatic heterocycles. The minimum atomic E-state index is -1.86. The summed E-state index contributed by atoms with van der Waals surface area (Å²) >= 11 is 0. The van der Waals surface area contributed by atoms with Crippen LogP contribution in [-0.4, -0.2) is 18.2 Å². The molecule has 2 aliphatic heterocycles. The number of nitrogens with zero attached hydrogens (tertiary/aromatic N) is 4. The minimum Gasteiger partial charge on any atom is -0.310 e. The van der Waals surface area contributed by atoms with E-state index < -0.39 is 17.2 Å². The molecule has 118 valence electrons. The van der Waals surface area contributed by atoms with Gasteiger partial charge in [0.25, 0.3) is 5.91 Å². The largest absolute Gasteiger partial charge is 0.310 e. The van der Waals surface area contributed by atoms with Gasteiger partial charge in [-0.25, -0.2) is 0 Å². The maximum Gasteiger partial charge on any atom is 0.251 e. The van der Waals surface area contributed by atoms with Gasteiger partial charge in [0.15, 0.2) is 5.78 Å². The average Bonchev–Trinajstić information content (AvgIpc) is 2.64. The van der Waals surface area contributed by atoms with Gasteiger partial charge >= 0.3 is 0 Å². The Balaban J connectivity index is 2.05. The standard InChI is InChI=1S/C18H14N4O2/c19-21-20-18(13-8-2-1-3-9-13)16(23)14-10-4-6-12-7-5-11-22(15(12)14)17(18)24/h1-4,6,8-10H,5,7,11H2/t18-/m0/s1. The Morgan fingerprint density at radius 2 is 1.88 bits per heavy atom. The van der Waals surface area contributed by atoms with Crippen LogP contribution in [0.15, 0.2) is 53.6 Å². The topological polar surface area (TPSA) is 86.1 Å². The molecule has 4 rings (SSSR count). The number of aryl methyl sites for hydroxylation is 1. The number of rotatable bonds is 2. The Morgan fingerprint density at radius 1 is 1.08 bits per heavy atom. The third-order valence-electron chi connectivity index (χ3n) is 4.73. The first kappa shape index (κ1) is 14.5. The van der Waals surface area contributed by atoms with E-state index in [1.807, 2.05) is 12.1 Å². The molecule has 1 atom stereocenters. The number of carbonyl (C=O) groups is 2. The van der Waals surface area contributed by atoms with Crippen LogP contribution in [0.1, 0.15) is 27.9 Å². The Kier molecular flexibility index (Phi) is 3.15. The fraction of sp³-hybridized carbons (Fsp3) is 0.222. The number of para-hydroxylation sites is 1. The number of ketones is 1. The van der Waals surface area contributed by atoms with Crippen molar-refractivity contribution < 1.29 is 9.59 Å². The van der Waals surface area contributed by atoms with Gasteiger partial charge in [-0.15, -0.1) is 0 Å². The van der Waals surface area contributed by atoms with E-state index in [-0.39, 0.29) is 0 Å². The summed E-state index contributed by atoms with van der Waals surface area (Å²) in [7, 11) is 0. The number of hydrogen-bond donors (Lipinski definition) is 0. The number of amides is 1. The normalized spacial score (nSPS) is 21.9. The van der Waals surface area contributed by atoms with Crippen LogP contribution in [0.2, 0.25) is 0 Å². The van der Waals surface area contributed by atoms with E-state index >= 15 is 0 Å². The molecule has 0 saturated heterocycles. The van der Waals surface area contributed by atoms with E-state index in [4.69, 9.17) is 5.53 Å². The summed E-state index contributed by atoms with van der Waals surface area (Å²) in [6.07, 6.45) is 1.65. The van der Waals surface area contributed by atoms with Crippen molar-refractivity contribution in [1.29, 1.82) is 0 Å². The second kappa shape index (κ2) is 5.22. The quantitative estimate of drug-likeness (QED) is 0.368. The highest BCUT2D eigenvalue weighted by Crippen LogP contribution is 2.44. The summed E-state index contributed by atoms with van der Waals surface area (Å²) in [4.78, 5) is 31.0. The molecule has 0 aliphatic carbocycles. The summed E-state index contributed by atoms with van der Waals surface area (Å²) in [5.41, 5.74) is 9.75. The summed E-state index contributed by atoms with van der Waals surface area (Å²) in [5.74, 6) is -0.914. The van der Waals surface area contributed by atoms with Crippen LogP contribution in [-0.2, 0) is 16.8 Å². The van der Waals surface area contributed by atoms with Crippen molar-refractivity contribution in [1.82, 2.24) is 0 Å². The summed E-state index contributed by atoms with van der Waals surface area (Å²) in [6.45, 7) is 0.520. The molecule has 2 aromatic carbocycles. The zero-order valence-electron chi connectivity index (χ0n) is 12.8. The smallest absolute Gasteiger partial charge is 0.251 e. The average molecular weight is 318 g/mol. The first-order chi connectivity index (χ1) is 11.7. The lowest BCUT2D eigenvalue weighted by molar-refractivity contribution is -0.122. The zero-order valence-corrected chi connectivity index (χ0v) is 12.8. The van der Waals surface area contributed by atoms with Gasteiger partial charge in [0.05, 0.1) is 5.69 Å².